The van der Waals surface area contributed by atoms with Crippen LogP contribution in [0.4, 0.5) is 0 Å². The van der Waals surface area contributed by atoms with Crippen molar-refractivity contribution in [1.82, 2.24) is 14.9 Å². The maximum absolute atomic E-state index is 12.4. The lowest BCUT2D eigenvalue weighted by Gasteiger charge is -2.31. The minimum absolute atomic E-state index is 0.0187. The number of carbonyl (C=O) groups is 1. The highest BCUT2D eigenvalue weighted by Gasteiger charge is 2.26. The van der Waals surface area contributed by atoms with Gasteiger partial charge in [-0.15, -0.1) is 0 Å². The van der Waals surface area contributed by atoms with E-state index >= 15 is 0 Å². The Hall–Kier alpha value is -2.53. The van der Waals surface area contributed by atoms with Gasteiger partial charge in [0.2, 0.25) is 5.91 Å². The summed E-state index contributed by atoms with van der Waals surface area (Å²) in [5, 5.41) is 0. The number of carbonyl (C=O) groups excluding carboxylic acids is 1. The summed E-state index contributed by atoms with van der Waals surface area (Å²) in [6, 6.07) is 11.6. The minimum Gasteiger partial charge on any atom is -0.367 e. The first-order valence-corrected chi connectivity index (χ1v) is 7.65. The van der Waals surface area contributed by atoms with E-state index in [9.17, 15) is 4.79 Å². The monoisotopic (exact) mass is 309 g/mol. The van der Waals surface area contributed by atoms with E-state index in [4.69, 9.17) is 4.74 Å². The van der Waals surface area contributed by atoms with Crippen molar-refractivity contribution in [2.24, 2.45) is 0 Å². The van der Waals surface area contributed by atoms with Gasteiger partial charge in [-0.1, -0.05) is 30.3 Å². The Morgan fingerprint density at radius 2 is 2.13 bits per heavy atom. The fourth-order valence-corrected chi connectivity index (χ4v) is 2.47. The average molecular weight is 309 g/mol. The molecule has 118 valence electrons. The highest BCUT2D eigenvalue weighted by molar-refractivity contribution is 5.91. The molecule has 0 radical (unpaired) electrons. The van der Waals surface area contributed by atoms with Crippen LogP contribution in [0.5, 0.6) is 0 Å². The van der Waals surface area contributed by atoms with Crippen LogP contribution in [0.3, 0.4) is 0 Å². The first-order valence-electron chi connectivity index (χ1n) is 7.65. The summed E-state index contributed by atoms with van der Waals surface area (Å²) in [5.41, 5.74) is 1.90. The number of morpholine rings is 1. The second-order valence-corrected chi connectivity index (χ2v) is 5.44. The molecule has 0 aliphatic carbocycles. The molecule has 5 nitrogen and oxygen atoms in total. The summed E-state index contributed by atoms with van der Waals surface area (Å²) in [6.07, 6.45) is 4.89. The van der Waals surface area contributed by atoms with E-state index in [1.807, 2.05) is 49.4 Å². The van der Waals surface area contributed by atoms with Crippen LogP contribution in [-0.4, -0.2) is 40.5 Å². The SMILES string of the molecule is Cc1ccnc(C2CN(C(=O)C=Cc3ccccc3)CCO2)n1. The van der Waals surface area contributed by atoms with Gasteiger partial charge in [-0.2, -0.15) is 0 Å². The molecule has 1 aromatic carbocycles. The zero-order valence-corrected chi connectivity index (χ0v) is 13.1. The van der Waals surface area contributed by atoms with Crippen molar-refractivity contribution in [1.29, 1.82) is 0 Å². The van der Waals surface area contributed by atoms with Crippen molar-refractivity contribution < 1.29 is 9.53 Å². The fourth-order valence-electron chi connectivity index (χ4n) is 2.47. The first kappa shape index (κ1) is 15.4. The molecule has 1 amide bonds. The number of rotatable bonds is 3. The van der Waals surface area contributed by atoms with Crippen molar-refractivity contribution in [3.63, 3.8) is 0 Å². The number of hydrogen-bond acceptors (Lipinski definition) is 4. The van der Waals surface area contributed by atoms with E-state index in [-0.39, 0.29) is 12.0 Å². The van der Waals surface area contributed by atoms with Gasteiger partial charge in [0.15, 0.2) is 5.82 Å². The van der Waals surface area contributed by atoms with Crippen LogP contribution in [0.15, 0.2) is 48.7 Å². The molecule has 1 aromatic heterocycles. The summed E-state index contributed by atoms with van der Waals surface area (Å²) in [7, 11) is 0. The molecule has 0 spiro atoms. The van der Waals surface area contributed by atoms with Gasteiger partial charge in [0, 0.05) is 24.5 Å². The van der Waals surface area contributed by atoms with E-state index < -0.39 is 0 Å². The number of hydrogen-bond donors (Lipinski definition) is 0. The minimum atomic E-state index is -0.266. The Morgan fingerprint density at radius 3 is 2.91 bits per heavy atom. The molecule has 1 saturated heterocycles. The molecular formula is C18H19N3O2. The van der Waals surface area contributed by atoms with Crippen LogP contribution in [0.1, 0.15) is 23.2 Å². The molecule has 3 rings (SSSR count). The summed E-state index contributed by atoms with van der Waals surface area (Å²) in [5.74, 6) is 0.615. The molecule has 1 aliphatic rings. The van der Waals surface area contributed by atoms with E-state index in [1.165, 1.54) is 0 Å². The largest absolute Gasteiger partial charge is 0.367 e. The predicted molar refractivity (Wildman–Crippen MR) is 87.5 cm³/mol. The van der Waals surface area contributed by atoms with Crippen LogP contribution in [0, 0.1) is 6.92 Å². The second kappa shape index (κ2) is 7.15. The molecule has 1 atom stereocenters. The smallest absolute Gasteiger partial charge is 0.246 e. The van der Waals surface area contributed by atoms with E-state index in [1.54, 1.807) is 17.2 Å². The van der Waals surface area contributed by atoms with Crippen LogP contribution >= 0.6 is 0 Å². The quantitative estimate of drug-likeness (QED) is 0.817. The van der Waals surface area contributed by atoms with Gasteiger partial charge in [-0.25, -0.2) is 9.97 Å². The van der Waals surface area contributed by atoms with Crippen LogP contribution in [0.2, 0.25) is 0 Å². The molecule has 5 heteroatoms. The van der Waals surface area contributed by atoms with Crippen LogP contribution in [-0.2, 0) is 9.53 Å². The third-order valence-corrected chi connectivity index (χ3v) is 3.70. The van der Waals surface area contributed by atoms with Gasteiger partial charge in [-0.05, 0) is 24.6 Å². The molecule has 2 heterocycles. The lowest BCUT2D eigenvalue weighted by Crippen LogP contribution is -2.42. The Labute approximate surface area is 135 Å². The topological polar surface area (TPSA) is 55.3 Å². The van der Waals surface area contributed by atoms with Gasteiger partial charge < -0.3 is 9.64 Å². The molecule has 0 N–H and O–H groups in total. The maximum atomic E-state index is 12.4. The number of benzene rings is 1. The van der Waals surface area contributed by atoms with Crippen molar-refractivity contribution in [2.45, 2.75) is 13.0 Å². The van der Waals surface area contributed by atoms with Crippen molar-refractivity contribution in [3.05, 3.63) is 65.8 Å². The summed E-state index contributed by atoms with van der Waals surface area (Å²) in [4.78, 5) is 22.8. The summed E-state index contributed by atoms with van der Waals surface area (Å²) in [6.45, 7) is 3.47. The van der Waals surface area contributed by atoms with Crippen LogP contribution in [0.25, 0.3) is 6.08 Å². The molecule has 1 aliphatic heterocycles. The van der Waals surface area contributed by atoms with Crippen LogP contribution < -0.4 is 0 Å². The molecule has 1 fully saturated rings. The maximum Gasteiger partial charge on any atom is 0.246 e. The standard InChI is InChI=1S/C18H19N3O2/c1-14-9-10-19-18(20-14)16-13-21(11-12-23-16)17(22)8-7-15-5-3-2-4-6-15/h2-10,16H,11-13H2,1H3. The highest BCUT2D eigenvalue weighted by atomic mass is 16.5. The summed E-state index contributed by atoms with van der Waals surface area (Å²) >= 11 is 0. The number of nitrogens with zero attached hydrogens (tertiary/aromatic N) is 3. The van der Waals surface area contributed by atoms with E-state index in [2.05, 4.69) is 9.97 Å². The third-order valence-electron chi connectivity index (χ3n) is 3.70. The molecule has 23 heavy (non-hydrogen) atoms. The van der Waals surface area contributed by atoms with Gasteiger partial charge in [0.05, 0.1) is 13.2 Å². The Kier molecular flexibility index (Phi) is 4.78. The number of aryl methyl sites for hydroxylation is 1. The normalized spacial score (nSPS) is 18.3. The van der Waals surface area contributed by atoms with Gasteiger partial charge in [0.1, 0.15) is 6.10 Å². The van der Waals surface area contributed by atoms with Crippen molar-refractivity contribution >= 4 is 12.0 Å². The predicted octanol–water partition coefficient (Wildman–Crippen LogP) is 2.40. The molecular weight excluding hydrogens is 290 g/mol. The highest BCUT2D eigenvalue weighted by Crippen LogP contribution is 2.19. The average Bonchev–Trinajstić information content (AvgIpc) is 2.61. The number of aromatic nitrogens is 2. The fraction of sp³-hybridized carbons (Fsp3) is 0.278. The zero-order chi connectivity index (χ0) is 16.1. The third kappa shape index (κ3) is 4.02. The zero-order valence-electron chi connectivity index (χ0n) is 13.1. The Balaban J connectivity index is 1.66. The molecule has 0 bridgehead atoms. The van der Waals surface area contributed by atoms with E-state index in [0.717, 1.165) is 11.3 Å². The van der Waals surface area contributed by atoms with Gasteiger partial charge >= 0.3 is 0 Å². The lowest BCUT2D eigenvalue weighted by molar-refractivity contribution is -0.134. The first-order chi connectivity index (χ1) is 11.2. The van der Waals surface area contributed by atoms with Gasteiger partial charge in [0.25, 0.3) is 0 Å². The molecule has 2 aromatic rings. The van der Waals surface area contributed by atoms with E-state index in [0.29, 0.717) is 25.5 Å². The molecule has 1 unspecified atom stereocenters. The molecule has 0 saturated carbocycles. The lowest BCUT2D eigenvalue weighted by atomic mass is 10.2. The number of ether oxygens (including phenoxy) is 1. The second-order valence-electron chi connectivity index (χ2n) is 5.44. The van der Waals surface area contributed by atoms with Crippen molar-refractivity contribution in [3.8, 4) is 0 Å². The Morgan fingerprint density at radius 1 is 1.30 bits per heavy atom. The number of amides is 1. The van der Waals surface area contributed by atoms with Gasteiger partial charge in [-0.3, -0.25) is 4.79 Å². The van der Waals surface area contributed by atoms with Crippen molar-refractivity contribution in [2.75, 3.05) is 19.7 Å². The summed E-state index contributed by atoms with van der Waals surface area (Å²) < 4.78 is 5.72. The Bertz CT molecular complexity index is 700.